The van der Waals surface area contributed by atoms with Crippen LogP contribution in [-0.2, 0) is 11.2 Å². The standard InChI is InChI=1S/C24H20ClNO7/c1-13-17-11-15(31-22(27)9-6-16-12-21(25)26-33-16)5-8-18(17)32-24(28)23(13)14-4-7-19(29-2)20(10-14)30-3/h4-5,7-8,10-12H,6,9H2,1-3H3. The lowest BCUT2D eigenvalue weighted by Gasteiger charge is -2.12. The minimum atomic E-state index is -0.484. The molecule has 8 nitrogen and oxygen atoms in total. The van der Waals surface area contributed by atoms with E-state index in [0.29, 0.717) is 57.1 Å². The van der Waals surface area contributed by atoms with Gasteiger partial charge in [0.05, 0.1) is 26.2 Å². The summed E-state index contributed by atoms with van der Waals surface area (Å²) in [6, 6.07) is 11.6. The molecule has 0 saturated carbocycles. The van der Waals surface area contributed by atoms with Crippen molar-refractivity contribution in [2.24, 2.45) is 0 Å². The van der Waals surface area contributed by atoms with Crippen molar-refractivity contribution >= 4 is 28.5 Å². The first-order valence-corrected chi connectivity index (χ1v) is 10.4. The lowest BCUT2D eigenvalue weighted by molar-refractivity contribution is -0.134. The number of fused-ring (bicyclic) bond motifs is 1. The number of aryl methyl sites for hydroxylation is 2. The first-order valence-electron chi connectivity index (χ1n) is 10.0. The fraction of sp³-hybridized carbons (Fsp3) is 0.208. The molecule has 0 aliphatic rings. The third-order valence-corrected chi connectivity index (χ3v) is 5.32. The first-order chi connectivity index (χ1) is 15.9. The highest BCUT2D eigenvalue weighted by molar-refractivity contribution is 6.29. The number of hydrogen-bond acceptors (Lipinski definition) is 8. The number of nitrogens with zero attached hydrogens (tertiary/aromatic N) is 1. The van der Waals surface area contributed by atoms with Gasteiger partial charge in [-0.25, -0.2) is 4.79 Å². The summed E-state index contributed by atoms with van der Waals surface area (Å²) in [7, 11) is 3.06. The molecule has 0 spiro atoms. The van der Waals surface area contributed by atoms with Gasteiger partial charge in [0.1, 0.15) is 17.1 Å². The van der Waals surface area contributed by atoms with E-state index in [9.17, 15) is 9.59 Å². The van der Waals surface area contributed by atoms with Crippen LogP contribution in [0.3, 0.4) is 0 Å². The van der Waals surface area contributed by atoms with Crippen LogP contribution in [0.15, 0.2) is 56.2 Å². The number of benzene rings is 2. The van der Waals surface area contributed by atoms with Crippen molar-refractivity contribution in [1.29, 1.82) is 0 Å². The Kier molecular flexibility index (Phi) is 6.37. The molecule has 0 aliphatic heterocycles. The quantitative estimate of drug-likeness (QED) is 0.212. The van der Waals surface area contributed by atoms with Gasteiger partial charge in [-0.2, -0.15) is 0 Å². The first kappa shape index (κ1) is 22.4. The minimum Gasteiger partial charge on any atom is -0.493 e. The largest absolute Gasteiger partial charge is 0.493 e. The van der Waals surface area contributed by atoms with E-state index in [4.69, 9.17) is 34.8 Å². The summed E-state index contributed by atoms with van der Waals surface area (Å²) < 4.78 is 26.6. The molecule has 0 amide bonds. The smallest absolute Gasteiger partial charge is 0.344 e. The Hall–Kier alpha value is -3.78. The second kappa shape index (κ2) is 9.38. The van der Waals surface area contributed by atoms with Crippen molar-refractivity contribution in [2.45, 2.75) is 19.8 Å². The molecule has 2 heterocycles. The molecule has 0 unspecified atom stereocenters. The van der Waals surface area contributed by atoms with Crippen LogP contribution in [0, 0.1) is 6.92 Å². The van der Waals surface area contributed by atoms with Crippen molar-refractivity contribution in [3.8, 4) is 28.4 Å². The average molecular weight is 470 g/mol. The maximum atomic E-state index is 12.7. The predicted molar refractivity (Wildman–Crippen MR) is 121 cm³/mol. The van der Waals surface area contributed by atoms with Gasteiger partial charge in [0.2, 0.25) is 0 Å². The van der Waals surface area contributed by atoms with Crippen LogP contribution >= 0.6 is 11.6 Å². The van der Waals surface area contributed by atoms with Crippen molar-refractivity contribution in [2.75, 3.05) is 14.2 Å². The molecule has 2 aromatic carbocycles. The van der Waals surface area contributed by atoms with Crippen LogP contribution in [0.25, 0.3) is 22.1 Å². The third kappa shape index (κ3) is 4.70. The molecule has 9 heteroatoms. The SMILES string of the molecule is COc1ccc(-c2c(C)c3cc(OC(=O)CCc4cc(Cl)no4)ccc3oc2=O)cc1OC. The van der Waals surface area contributed by atoms with Crippen molar-refractivity contribution in [3.63, 3.8) is 0 Å². The van der Waals surface area contributed by atoms with Gasteiger partial charge >= 0.3 is 11.6 Å². The number of halogens is 1. The Morgan fingerprint density at radius 2 is 1.85 bits per heavy atom. The fourth-order valence-corrected chi connectivity index (χ4v) is 3.69. The summed E-state index contributed by atoms with van der Waals surface area (Å²) >= 11 is 5.71. The number of carbonyl (C=O) groups excluding carboxylic acids is 1. The van der Waals surface area contributed by atoms with Crippen LogP contribution in [0.2, 0.25) is 5.15 Å². The van der Waals surface area contributed by atoms with Gasteiger partial charge < -0.3 is 23.2 Å². The molecule has 2 aromatic heterocycles. The van der Waals surface area contributed by atoms with Gasteiger partial charge in [-0.3, -0.25) is 4.79 Å². The molecule has 0 saturated heterocycles. The molecule has 0 aliphatic carbocycles. The summed E-state index contributed by atoms with van der Waals surface area (Å²) in [6.45, 7) is 1.81. The van der Waals surface area contributed by atoms with Crippen LogP contribution < -0.4 is 19.8 Å². The topological polar surface area (TPSA) is 101 Å². The van der Waals surface area contributed by atoms with Gasteiger partial charge in [-0.1, -0.05) is 22.8 Å². The maximum absolute atomic E-state index is 12.7. The Morgan fingerprint density at radius 3 is 2.55 bits per heavy atom. The number of rotatable bonds is 7. The summed E-state index contributed by atoms with van der Waals surface area (Å²) in [5.74, 6) is 1.42. The predicted octanol–water partition coefficient (Wildman–Crippen LogP) is 4.97. The second-order valence-corrected chi connectivity index (χ2v) is 7.59. The Morgan fingerprint density at radius 1 is 1.06 bits per heavy atom. The van der Waals surface area contributed by atoms with Crippen molar-refractivity contribution in [3.05, 3.63) is 69.4 Å². The number of esters is 1. The molecule has 0 fully saturated rings. The summed E-state index contributed by atoms with van der Waals surface area (Å²) in [5, 5.41) is 4.45. The third-order valence-electron chi connectivity index (χ3n) is 5.15. The summed E-state index contributed by atoms with van der Waals surface area (Å²) in [5.41, 5.74) is 1.59. The molecular weight excluding hydrogens is 450 g/mol. The zero-order chi connectivity index (χ0) is 23.5. The Balaban J connectivity index is 1.63. The average Bonchev–Trinajstić information content (AvgIpc) is 3.23. The molecule has 170 valence electrons. The molecule has 0 bridgehead atoms. The molecule has 0 atom stereocenters. The number of aromatic nitrogens is 1. The lowest BCUT2D eigenvalue weighted by Crippen LogP contribution is -2.09. The van der Waals surface area contributed by atoms with Crippen LogP contribution in [-0.4, -0.2) is 25.3 Å². The second-order valence-electron chi connectivity index (χ2n) is 7.21. The van der Waals surface area contributed by atoms with Gasteiger partial charge in [-0.15, -0.1) is 0 Å². The van der Waals surface area contributed by atoms with E-state index in [1.165, 1.54) is 14.2 Å². The van der Waals surface area contributed by atoms with E-state index in [1.54, 1.807) is 42.5 Å². The molecule has 4 rings (SSSR count). The van der Waals surface area contributed by atoms with Crippen LogP contribution in [0.4, 0.5) is 0 Å². The Labute approximate surface area is 193 Å². The van der Waals surface area contributed by atoms with E-state index in [0.717, 1.165) is 0 Å². The van der Waals surface area contributed by atoms with E-state index in [-0.39, 0.29) is 11.6 Å². The van der Waals surface area contributed by atoms with Crippen molar-refractivity contribution in [1.82, 2.24) is 5.16 Å². The summed E-state index contributed by atoms with van der Waals surface area (Å²) in [6.07, 6.45) is 0.396. The monoisotopic (exact) mass is 469 g/mol. The highest BCUT2D eigenvalue weighted by atomic mass is 35.5. The summed E-state index contributed by atoms with van der Waals surface area (Å²) in [4.78, 5) is 25.0. The number of hydrogen-bond donors (Lipinski definition) is 0. The zero-order valence-corrected chi connectivity index (χ0v) is 18.9. The maximum Gasteiger partial charge on any atom is 0.344 e. The number of ether oxygens (including phenoxy) is 3. The van der Waals surface area contributed by atoms with E-state index >= 15 is 0 Å². The van der Waals surface area contributed by atoms with E-state index in [2.05, 4.69) is 5.16 Å². The number of methoxy groups -OCH3 is 2. The molecular formula is C24H20ClNO7. The highest BCUT2D eigenvalue weighted by Gasteiger charge is 2.17. The van der Waals surface area contributed by atoms with E-state index < -0.39 is 11.6 Å². The van der Waals surface area contributed by atoms with Gasteiger partial charge in [0, 0.05) is 17.9 Å². The molecule has 0 radical (unpaired) electrons. The minimum absolute atomic E-state index is 0.0866. The molecule has 0 N–H and O–H groups in total. The van der Waals surface area contributed by atoms with Gasteiger partial charge in [0.15, 0.2) is 16.7 Å². The Bertz CT molecular complexity index is 1390. The molecule has 33 heavy (non-hydrogen) atoms. The van der Waals surface area contributed by atoms with Crippen LogP contribution in [0.1, 0.15) is 17.7 Å². The lowest BCUT2D eigenvalue weighted by atomic mass is 9.99. The zero-order valence-electron chi connectivity index (χ0n) is 18.1. The van der Waals surface area contributed by atoms with Gasteiger partial charge in [0.25, 0.3) is 0 Å². The van der Waals surface area contributed by atoms with Crippen molar-refractivity contribution < 1.29 is 27.9 Å². The normalized spacial score (nSPS) is 10.9. The van der Waals surface area contributed by atoms with Gasteiger partial charge in [-0.05, 0) is 48.4 Å². The fourth-order valence-electron chi connectivity index (χ4n) is 3.53. The number of carbonyl (C=O) groups is 1. The van der Waals surface area contributed by atoms with E-state index in [1.807, 2.05) is 6.92 Å². The van der Waals surface area contributed by atoms with Crippen LogP contribution in [0.5, 0.6) is 17.2 Å². The molecule has 4 aromatic rings. The highest BCUT2D eigenvalue weighted by Crippen LogP contribution is 2.34.